The maximum Gasteiger partial charge on any atom is 0.248 e. The van der Waals surface area contributed by atoms with Gasteiger partial charge in [-0.05, 0) is 34.8 Å². The second-order valence-electron chi connectivity index (χ2n) is 7.76. The third kappa shape index (κ3) is 4.88. The highest BCUT2D eigenvalue weighted by Crippen LogP contribution is 2.34. The molecule has 162 valence electrons. The predicted octanol–water partition coefficient (Wildman–Crippen LogP) is 3.08. The van der Waals surface area contributed by atoms with E-state index in [0.29, 0.717) is 55.4 Å². The lowest BCUT2D eigenvalue weighted by Crippen LogP contribution is -2.48. The van der Waals surface area contributed by atoms with Crippen LogP contribution in [0.2, 0.25) is 0 Å². The Kier molecular flexibility index (Phi) is 5.90. The molecule has 1 amide bonds. The van der Waals surface area contributed by atoms with Crippen LogP contribution in [0, 0.1) is 0 Å². The van der Waals surface area contributed by atoms with Crippen molar-refractivity contribution in [1.29, 1.82) is 0 Å². The molecule has 2 fully saturated rings. The van der Waals surface area contributed by atoms with Crippen LogP contribution in [0.4, 0.5) is 20.5 Å². The van der Waals surface area contributed by atoms with Gasteiger partial charge in [0.25, 0.3) is 0 Å². The van der Waals surface area contributed by atoms with E-state index in [-0.39, 0.29) is 24.8 Å². The molecule has 3 heterocycles. The first kappa shape index (κ1) is 21.0. The van der Waals surface area contributed by atoms with Crippen molar-refractivity contribution in [3.05, 3.63) is 22.9 Å². The van der Waals surface area contributed by atoms with Gasteiger partial charge in [0.15, 0.2) is 5.82 Å². The van der Waals surface area contributed by atoms with E-state index < -0.39 is 5.92 Å². The van der Waals surface area contributed by atoms with Gasteiger partial charge in [0.2, 0.25) is 17.8 Å². The lowest BCUT2D eigenvalue weighted by atomic mass is 9.92. The summed E-state index contributed by atoms with van der Waals surface area (Å²) in [5, 5.41) is 7.60. The number of hydrogen-bond acceptors (Lipinski definition) is 6. The van der Waals surface area contributed by atoms with Gasteiger partial charge in [-0.25, -0.2) is 13.5 Å². The van der Waals surface area contributed by atoms with Crippen LogP contribution in [0.5, 0.6) is 0 Å². The van der Waals surface area contributed by atoms with E-state index in [9.17, 15) is 13.6 Å². The van der Waals surface area contributed by atoms with Crippen molar-refractivity contribution < 1.29 is 13.6 Å². The Morgan fingerprint density at radius 1 is 1.17 bits per heavy atom. The fourth-order valence-electron chi connectivity index (χ4n) is 3.81. The summed E-state index contributed by atoms with van der Waals surface area (Å²) in [5.74, 6) is -0.806. The summed E-state index contributed by atoms with van der Waals surface area (Å²) >= 11 is 3.34. The Labute approximate surface area is 181 Å². The second-order valence-corrected chi connectivity index (χ2v) is 8.57. The summed E-state index contributed by atoms with van der Waals surface area (Å²) in [6.07, 6.45) is 2.28. The number of aromatic nitrogens is 4. The third-order valence-electron chi connectivity index (χ3n) is 5.59. The molecule has 2 aliphatic rings. The zero-order valence-electron chi connectivity index (χ0n) is 16.7. The van der Waals surface area contributed by atoms with Crippen LogP contribution in [0.3, 0.4) is 0 Å². The molecule has 0 radical (unpaired) electrons. The summed E-state index contributed by atoms with van der Waals surface area (Å²) in [5.41, 5.74) is 0. The molecule has 11 heteroatoms. The molecule has 30 heavy (non-hydrogen) atoms. The van der Waals surface area contributed by atoms with Crippen molar-refractivity contribution in [1.82, 2.24) is 24.6 Å². The van der Waals surface area contributed by atoms with Gasteiger partial charge in [-0.1, -0.05) is 0 Å². The van der Waals surface area contributed by atoms with Gasteiger partial charge in [0.1, 0.15) is 10.4 Å². The van der Waals surface area contributed by atoms with Crippen molar-refractivity contribution in [2.75, 3.05) is 36.4 Å². The highest BCUT2D eigenvalue weighted by atomic mass is 79.9. The number of piperazine rings is 1. The van der Waals surface area contributed by atoms with Crippen LogP contribution in [0.1, 0.15) is 32.6 Å². The number of carbonyl (C=O) groups is 1. The average Bonchev–Trinajstić information content (AvgIpc) is 3.16. The molecule has 1 saturated carbocycles. The normalized spacial score (nSPS) is 19.7. The molecular weight excluding hydrogens is 460 g/mol. The van der Waals surface area contributed by atoms with E-state index >= 15 is 0 Å². The zero-order chi connectivity index (χ0) is 21.3. The molecule has 0 bridgehead atoms. The van der Waals surface area contributed by atoms with Crippen LogP contribution in [0.25, 0.3) is 5.82 Å². The smallest absolute Gasteiger partial charge is 0.248 e. The van der Waals surface area contributed by atoms with E-state index in [0.717, 1.165) is 5.82 Å². The molecule has 1 saturated heterocycles. The molecule has 1 aliphatic carbocycles. The van der Waals surface area contributed by atoms with Crippen LogP contribution < -0.4 is 10.2 Å². The number of halogens is 3. The van der Waals surface area contributed by atoms with E-state index in [4.69, 9.17) is 0 Å². The summed E-state index contributed by atoms with van der Waals surface area (Å²) in [6, 6.07) is 3.57. The monoisotopic (exact) mass is 483 g/mol. The molecule has 1 N–H and O–H groups in total. The Bertz CT molecular complexity index is 904. The lowest BCUT2D eigenvalue weighted by molar-refractivity contribution is -0.129. The first-order valence-corrected chi connectivity index (χ1v) is 10.8. The standard InChI is InChI=1S/C19H24BrF2N7O/c1-13(30)27-8-10-28(11-9-27)16-12-17(29-7-4-15(20)26-29)25-18(24-16)23-14-2-5-19(21,22)6-3-14/h4,7,12,14H,2-3,5-6,8-11H2,1H3,(H,23,24,25). The molecule has 2 aromatic heterocycles. The molecule has 4 rings (SSSR count). The van der Waals surface area contributed by atoms with Gasteiger partial charge in [-0.15, -0.1) is 0 Å². The molecular formula is C19H24BrF2N7O. The van der Waals surface area contributed by atoms with Gasteiger partial charge >= 0.3 is 0 Å². The highest BCUT2D eigenvalue weighted by Gasteiger charge is 2.35. The Morgan fingerprint density at radius 3 is 2.43 bits per heavy atom. The first-order chi connectivity index (χ1) is 14.3. The average molecular weight is 484 g/mol. The lowest BCUT2D eigenvalue weighted by Gasteiger charge is -2.35. The SMILES string of the molecule is CC(=O)N1CCN(c2cc(-n3ccc(Br)n3)nc(NC3CCC(F)(F)CC3)n2)CC1. The van der Waals surface area contributed by atoms with Crippen LogP contribution in [0.15, 0.2) is 22.9 Å². The predicted molar refractivity (Wildman–Crippen MR) is 112 cm³/mol. The van der Waals surface area contributed by atoms with E-state index in [2.05, 4.69) is 41.2 Å². The van der Waals surface area contributed by atoms with Gasteiger partial charge < -0.3 is 15.1 Å². The Balaban J connectivity index is 1.56. The van der Waals surface area contributed by atoms with Gasteiger partial charge in [0, 0.05) is 64.2 Å². The summed E-state index contributed by atoms with van der Waals surface area (Å²) in [6.45, 7) is 4.15. The fraction of sp³-hybridized carbons (Fsp3) is 0.579. The van der Waals surface area contributed by atoms with Gasteiger partial charge in [-0.3, -0.25) is 4.79 Å². The molecule has 0 spiro atoms. The molecule has 0 atom stereocenters. The van der Waals surface area contributed by atoms with Crippen molar-refractivity contribution in [2.24, 2.45) is 0 Å². The maximum absolute atomic E-state index is 13.5. The molecule has 0 aromatic carbocycles. The minimum absolute atomic E-state index is 0.0656. The van der Waals surface area contributed by atoms with E-state index in [1.165, 1.54) is 0 Å². The third-order valence-corrected chi connectivity index (χ3v) is 6.01. The van der Waals surface area contributed by atoms with Gasteiger partial charge in [0.05, 0.1) is 0 Å². The topological polar surface area (TPSA) is 79.2 Å². The Hall–Kier alpha value is -2.30. The van der Waals surface area contributed by atoms with Crippen LogP contribution in [-0.2, 0) is 4.79 Å². The Morgan fingerprint density at radius 2 is 1.83 bits per heavy atom. The molecule has 2 aromatic rings. The number of nitrogens with one attached hydrogen (secondary N) is 1. The molecule has 0 unspecified atom stereocenters. The largest absolute Gasteiger partial charge is 0.353 e. The summed E-state index contributed by atoms with van der Waals surface area (Å²) < 4.78 is 29.3. The van der Waals surface area contributed by atoms with E-state index in [1.807, 2.05) is 17.0 Å². The highest BCUT2D eigenvalue weighted by molar-refractivity contribution is 9.10. The number of nitrogens with zero attached hydrogens (tertiary/aromatic N) is 6. The fourth-order valence-corrected chi connectivity index (χ4v) is 4.10. The van der Waals surface area contributed by atoms with Crippen LogP contribution >= 0.6 is 15.9 Å². The summed E-state index contributed by atoms with van der Waals surface area (Å²) in [4.78, 5) is 24.7. The minimum Gasteiger partial charge on any atom is -0.353 e. The van der Waals surface area contributed by atoms with Crippen molar-refractivity contribution in [2.45, 2.75) is 44.6 Å². The number of anilines is 2. The number of rotatable bonds is 4. The molecule has 8 nitrogen and oxygen atoms in total. The van der Waals surface area contributed by atoms with Crippen molar-refractivity contribution >= 4 is 33.6 Å². The quantitative estimate of drug-likeness (QED) is 0.719. The van der Waals surface area contributed by atoms with E-state index in [1.54, 1.807) is 17.8 Å². The minimum atomic E-state index is -2.58. The number of alkyl halides is 2. The zero-order valence-corrected chi connectivity index (χ0v) is 18.3. The first-order valence-electron chi connectivity index (χ1n) is 10.0. The maximum atomic E-state index is 13.5. The van der Waals surface area contributed by atoms with Crippen molar-refractivity contribution in [3.8, 4) is 5.82 Å². The number of amides is 1. The number of hydrogen-bond donors (Lipinski definition) is 1. The van der Waals surface area contributed by atoms with Gasteiger partial charge in [-0.2, -0.15) is 15.1 Å². The van der Waals surface area contributed by atoms with Crippen LogP contribution in [-0.4, -0.2) is 68.7 Å². The molecule has 1 aliphatic heterocycles. The number of carbonyl (C=O) groups excluding carboxylic acids is 1. The van der Waals surface area contributed by atoms with Crippen molar-refractivity contribution in [3.63, 3.8) is 0 Å². The summed E-state index contributed by atoms with van der Waals surface area (Å²) in [7, 11) is 0. The second kappa shape index (κ2) is 8.44.